The number of carbonyl (C=O) groups excluding carboxylic acids is 4. The SMILES string of the molecule is CN1CCN(c2ccc(-c3nn(C)cc3NC(=O)c3ccc(-c4cn[nH]c4)o3)nc2)CC1.COc1ccc(-c2nn(C)cc2NC(=O)c2ccc(-c3cn[nH]c3)o2)nc1.Cn1cc(NC(=O)c2ccc(-c3cn[nH]c3)o2)c(-c2ccc(OC3COC3)cn2)n1.Cn1cc(NC(=O)c2ccc(-c3cn[nH]c3)o2)c(-c2ccc(OCC(C)(C)O)cn2)n1. The summed E-state index contributed by atoms with van der Waals surface area (Å²) in [6, 6.07) is 28.0. The number of furan rings is 4. The predicted molar refractivity (Wildman–Crippen MR) is 436 cm³/mol. The minimum Gasteiger partial charge on any atom is -0.495 e. The van der Waals surface area contributed by atoms with Crippen molar-refractivity contribution < 1.29 is 60.9 Å². The standard InChI is InChI=1S/C22H24N8O2.C21H22N6O4.C20H18N6O4.C18H16N6O3/c1-28-7-9-30(10-8-28)16-3-4-17(23-13-16)21-18(14-29(2)27-21)26-22(31)20-6-5-19(32-20)15-11-24-25-12-15;1-21(2,29)12-30-14-4-5-15(22-10-14)19-16(11-27(3)26-19)25-20(28)18-7-6-17(31-18)13-8-23-24-9-13;1-26-9-16(24-20(27)18-5-4-17(30-18)12-6-22-23-7-12)19(25-26)15-3-2-13(8-21-15)29-14-10-28-11-14;1-24-10-14(17(23-24)13-4-3-12(26-2)9-19-13)22-18(25)16-6-5-15(27-16)11-7-20-21-8-11/h3-6,11-14H,7-10H2,1-2H3,(H,24,25)(H,26,31);4-11,29H,12H2,1-3H3,(H,23,24)(H,25,28);2-9,14H,10-11H2,1H3,(H,22,23)(H,24,27);3-10H,1-2H3,(H,20,21)(H,22,25). The van der Waals surface area contributed by atoms with Crippen LogP contribution in [-0.4, -0.2) is 205 Å². The zero-order chi connectivity index (χ0) is 83.4. The molecule has 0 aliphatic carbocycles. The number of piperazine rings is 1. The summed E-state index contributed by atoms with van der Waals surface area (Å²) < 4.78 is 50.5. The van der Waals surface area contributed by atoms with E-state index in [4.69, 9.17) is 36.6 Å². The van der Waals surface area contributed by atoms with E-state index in [0.717, 1.165) is 54.1 Å². The van der Waals surface area contributed by atoms with Crippen molar-refractivity contribution in [2.75, 3.05) is 86.3 Å². The Labute approximate surface area is 682 Å². The Morgan fingerprint density at radius 2 is 0.767 bits per heavy atom. The number of nitrogens with zero attached hydrogens (tertiary/aromatic N) is 18. The van der Waals surface area contributed by atoms with Gasteiger partial charge >= 0.3 is 0 Å². The van der Waals surface area contributed by atoms with Gasteiger partial charge in [0, 0.05) is 104 Å². The number of rotatable bonds is 23. The van der Waals surface area contributed by atoms with Crippen LogP contribution in [0, 0.1) is 0 Å². The van der Waals surface area contributed by atoms with Gasteiger partial charge < -0.3 is 72.8 Å². The molecule has 0 bridgehead atoms. The number of aliphatic hydroxyl groups is 1. The predicted octanol–water partition coefficient (Wildman–Crippen LogP) is 10.6. The van der Waals surface area contributed by atoms with Crippen molar-refractivity contribution in [3.05, 3.63) is 219 Å². The van der Waals surface area contributed by atoms with Crippen LogP contribution in [0.4, 0.5) is 28.4 Å². The highest BCUT2D eigenvalue weighted by Crippen LogP contribution is 2.34. The summed E-state index contributed by atoms with van der Waals surface area (Å²) in [4.78, 5) is 73.1. The molecule has 39 nitrogen and oxygen atoms in total. The second-order valence-corrected chi connectivity index (χ2v) is 28.1. The summed E-state index contributed by atoms with van der Waals surface area (Å²) in [5.41, 5.74) is 9.99. The van der Waals surface area contributed by atoms with Crippen LogP contribution in [0.15, 0.2) is 214 Å². The van der Waals surface area contributed by atoms with Crippen molar-refractivity contribution in [1.82, 2.24) is 105 Å². The highest BCUT2D eigenvalue weighted by molar-refractivity contribution is 6.07. The molecule has 0 aromatic carbocycles. The average Bonchev–Trinajstić information content (AvgIpc) is 1.69. The van der Waals surface area contributed by atoms with Crippen LogP contribution in [-0.2, 0) is 32.9 Å². The normalized spacial score (nSPS) is 12.7. The average molecular weight is 1630 g/mol. The Kier molecular flexibility index (Phi) is 23.6. The van der Waals surface area contributed by atoms with Gasteiger partial charge in [-0.15, -0.1) is 0 Å². The molecule has 0 saturated carbocycles. The number of ether oxygens (including phenoxy) is 4. The molecule has 2 fully saturated rings. The van der Waals surface area contributed by atoms with E-state index in [0.29, 0.717) is 122 Å². The number of nitrogens with one attached hydrogen (secondary N) is 8. The fourth-order valence-electron chi connectivity index (χ4n) is 12.2. The summed E-state index contributed by atoms with van der Waals surface area (Å²) >= 11 is 0. The highest BCUT2D eigenvalue weighted by Gasteiger charge is 2.26. The topological polar surface area (TPSA) is 470 Å². The Balaban J connectivity index is 0.000000125. The summed E-state index contributed by atoms with van der Waals surface area (Å²) in [7, 11) is 10.8. The molecule has 0 radical (unpaired) electrons. The van der Waals surface area contributed by atoms with E-state index in [9.17, 15) is 24.3 Å². The molecule has 39 heteroatoms. The van der Waals surface area contributed by atoms with Gasteiger partial charge in [-0.05, 0) is 118 Å². The van der Waals surface area contributed by atoms with Crippen LogP contribution < -0.4 is 40.4 Å². The van der Waals surface area contributed by atoms with E-state index in [1.54, 1.807) is 233 Å². The van der Waals surface area contributed by atoms with E-state index in [1.807, 2.05) is 25.4 Å². The fourth-order valence-corrected chi connectivity index (χ4v) is 12.2. The van der Waals surface area contributed by atoms with Gasteiger partial charge in [-0.3, -0.25) is 78.2 Å². The lowest BCUT2D eigenvalue weighted by Gasteiger charge is -2.33. The van der Waals surface area contributed by atoms with Gasteiger partial charge in [-0.2, -0.15) is 40.8 Å². The van der Waals surface area contributed by atoms with Crippen LogP contribution in [0.1, 0.15) is 56.1 Å². The molecule has 0 atom stereocenters. The summed E-state index contributed by atoms with van der Waals surface area (Å²) in [5, 5.41) is 65.2. The first-order valence-corrected chi connectivity index (χ1v) is 37.3. The number of carbonyl (C=O) groups is 4. The van der Waals surface area contributed by atoms with Crippen molar-refractivity contribution in [1.29, 1.82) is 0 Å². The van der Waals surface area contributed by atoms with Gasteiger partial charge in [0.1, 0.15) is 75.8 Å². The van der Waals surface area contributed by atoms with E-state index in [1.165, 1.54) is 0 Å². The monoisotopic (exact) mass is 1620 g/mol. The summed E-state index contributed by atoms with van der Waals surface area (Å²) in [6.07, 6.45) is 26.8. The summed E-state index contributed by atoms with van der Waals surface area (Å²) in [6.45, 7) is 8.67. The number of hydrogen-bond donors (Lipinski definition) is 9. The first-order valence-electron chi connectivity index (χ1n) is 37.3. The van der Waals surface area contributed by atoms with Gasteiger partial charge in [0.15, 0.2) is 23.0 Å². The van der Waals surface area contributed by atoms with Gasteiger partial charge in [0.25, 0.3) is 23.6 Å². The molecule has 4 amide bonds. The maximum Gasteiger partial charge on any atom is 0.291 e. The number of aryl methyl sites for hydroxylation is 4. The lowest BCUT2D eigenvalue weighted by molar-refractivity contribution is -0.0797. The third-order valence-electron chi connectivity index (χ3n) is 18.3. The maximum absolute atomic E-state index is 12.8. The van der Waals surface area contributed by atoms with Gasteiger partial charge in [0.05, 0.1) is 149 Å². The Hall–Kier alpha value is -15.6. The molecule has 18 heterocycles. The minimum absolute atomic E-state index is 0.0718. The summed E-state index contributed by atoms with van der Waals surface area (Å²) in [5.74, 6) is 3.23. The largest absolute Gasteiger partial charge is 0.495 e. The van der Waals surface area contributed by atoms with Crippen molar-refractivity contribution >= 4 is 52.1 Å². The van der Waals surface area contributed by atoms with Gasteiger partial charge in [0.2, 0.25) is 0 Å². The Morgan fingerprint density at radius 1 is 0.433 bits per heavy atom. The van der Waals surface area contributed by atoms with Crippen LogP contribution in [0.25, 0.3) is 90.8 Å². The number of anilines is 5. The molecule has 0 spiro atoms. The molecule has 2 saturated heterocycles. The minimum atomic E-state index is -0.944. The van der Waals surface area contributed by atoms with Crippen molar-refractivity contribution in [3.63, 3.8) is 0 Å². The number of pyridine rings is 4. The fraction of sp³-hybridized carbons (Fsp3) is 0.210. The van der Waals surface area contributed by atoms with E-state index < -0.39 is 11.5 Å². The molecule has 18 rings (SSSR count). The lowest BCUT2D eigenvalue weighted by atomic mass is 10.2. The molecule has 0 unspecified atom stereocenters. The number of methoxy groups -OCH3 is 1. The first kappa shape index (κ1) is 79.6. The molecule has 612 valence electrons. The second-order valence-electron chi connectivity index (χ2n) is 28.1. The van der Waals surface area contributed by atoms with Gasteiger partial charge in [-0.1, -0.05) is 0 Å². The molecular formula is C81H80N26O13. The number of amides is 4. The third kappa shape index (κ3) is 19.5. The zero-order valence-corrected chi connectivity index (χ0v) is 65.9. The number of hydrogen-bond acceptors (Lipinski definition) is 27. The Bertz CT molecular complexity index is 6070. The van der Waals surface area contributed by atoms with Crippen LogP contribution in [0.5, 0.6) is 17.2 Å². The van der Waals surface area contributed by atoms with Crippen LogP contribution in [0.3, 0.4) is 0 Å². The van der Waals surface area contributed by atoms with E-state index in [-0.39, 0.29) is 53.5 Å². The molecule has 9 N–H and O–H groups in total. The van der Waals surface area contributed by atoms with E-state index in [2.05, 4.69) is 125 Å². The second kappa shape index (κ2) is 35.6. The molecule has 16 aromatic rings. The van der Waals surface area contributed by atoms with Gasteiger partial charge in [-0.25, -0.2) is 0 Å². The Morgan fingerprint density at radius 3 is 1.05 bits per heavy atom. The highest BCUT2D eigenvalue weighted by atomic mass is 16.6. The molecule has 16 aromatic heterocycles. The zero-order valence-electron chi connectivity index (χ0n) is 65.9. The number of aromatic nitrogens is 20. The molecular weight excluding hydrogens is 1550 g/mol. The number of H-pyrrole nitrogens is 4. The number of likely N-dealkylation sites (N-methyl/N-ethyl adjacent to an activating group) is 1. The van der Waals surface area contributed by atoms with Crippen LogP contribution in [0.2, 0.25) is 0 Å². The lowest BCUT2D eigenvalue weighted by Crippen LogP contribution is -2.44. The van der Waals surface area contributed by atoms with Crippen LogP contribution >= 0.6 is 0 Å². The number of aromatic amines is 4. The van der Waals surface area contributed by atoms with Crippen molar-refractivity contribution in [3.8, 4) is 108 Å². The van der Waals surface area contributed by atoms with E-state index >= 15 is 0 Å². The van der Waals surface area contributed by atoms with Crippen molar-refractivity contribution in [2.45, 2.75) is 25.6 Å². The maximum atomic E-state index is 12.8. The van der Waals surface area contributed by atoms with Crippen molar-refractivity contribution in [2.24, 2.45) is 28.2 Å². The smallest absolute Gasteiger partial charge is 0.291 e. The first-order chi connectivity index (χ1) is 58.1. The quantitative estimate of drug-likeness (QED) is 0.0287. The molecule has 2 aliphatic heterocycles. The third-order valence-corrected chi connectivity index (χ3v) is 18.3. The molecule has 120 heavy (non-hydrogen) atoms. The molecule has 2 aliphatic rings.